The molecule has 4 rings (SSSR count). The fourth-order valence-corrected chi connectivity index (χ4v) is 2.99. The third-order valence-corrected chi connectivity index (χ3v) is 4.36. The van der Waals surface area contributed by atoms with E-state index in [-0.39, 0.29) is 5.91 Å². The quantitative estimate of drug-likeness (QED) is 0.550. The molecule has 0 aliphatic carbocycles. The van der Waals surface area contributed by atoms with E-state index in [2.05, 4.69) is 17.3 Å². The molecular weight excluding hydrogens is 338 g/mol. The normalized spacial score (nSPS) is 10.7. The largest absolute Gasteiger partial charge is 0.463 e. The highest BCUT2D eigenvalue weighted by Crippen LogP contribution is 2.24. The van der Waals surface area contributed by atoms with Crippen molar-refractivity contribution in [3.05, 3.63) is 90.3 Å². The van der Waals surface area contributed by atoms with Gasteiger partial charge in [-0.1, -0.05) is 43.3 Å². The van der Waals surface area contributed by atoms with Crippen molar-refractivity contribution >= 4 is 11.6 Å². The first kappa shape index (κ1) is 16.8. The highest BCUT2D eigenvalue weighted by molar-refractivity contribution is 6.04. The SMILES string of the molecule is CCc1ccccc1NC(=O)c1cc(-c2ccco2)nn1-c1ccccc1. The molecule has 27 heavy (non-hydrogen) atoms. The van der Waals surface area contributed by atoms with Crippen LogP contribution < -0.4 is 5.32 Å². The van der Waals surface area contributed by atoms with Crippen LogP contribution in [0.3, 0.4) is 0 Å². The van der Waals surface area contributed by atoms with Crippen LogP contribution in [0.1, 0.15) is 23.0 Å². The number of carbonyl (C=O) groups excluding carboxylic acids is 1. The van der Waals surface area contributed by atoms with Gasteiger partial charge in [0.2, 0.25) is 0 Å². The molecule has 0 aliphatic rings. The zero-order valence-electron chi connectivity index (χ0n) is 14.9. The maximum atomic E-state index is 13.1. The molecule has 2 aromatic heterocycles. The summed E-state index contributed by atoms with van der Waals surface area (Å²) in [6.45, 7) is 2.06. The van der Waals surface area contributed by atoms with Crippen LogP contribution in [0.15, 0.2) is 83.5 Å². The molecule has 0 unspecified atom stereocenters. The number of furan rings is 1. The molecule has 0 radical (unpaired) electrons. The fraction of sp³-hybridized carbons (Fsp3) is 0.0909. The second-order valence-electron chi connectivity index (χ2n) is 6.10. The van der Waals surface area contributed by atoms with E-state index < -0.39 is 0 Å². The number of amides is 1. The van der Waals surface area contributed by atoms with Gasteiger partial charge in [0.05, 0.1) is 12.0 Å². The van der Waals surface area contributed by atoms with Gasteiger partial charge >= 0.3 is 0 Å². The summed E-state index contributed by atoms with van der Waals surface area (Å²) in [5.41, 5.74) is 3.76. The van der Waals surface area contributed by atoms with Gasteiger partial charge in [-0.15, -0.1) is 0 Å². The van der Waals surface area contributed by atoms with Crippen LogP contribution >= 0.6 is 0 Å². The summed E-state index contributed by atoms with van der Waals surface area (Å²) in [4.78, 5) is 13.1. The summed E-state index contributed by atoms with van der Waals surface area (Å²) in [6, 6.07) is 22.8. The molecule has 0 fully saturated rings. The number of nitrogens with zero attached hydrogens (tertiary/aromatic N) is 2. The Bertz CT molecular complexity index is 1050. The van der Waals surface area contributed by atoms with Gasteiger partial charge in [-0.3, -0.25) is 4.79 Å². The fourth-order valence-electron chi connectivity index (χ4n) is 2.99. The van der Waals surface area contributed by atoms with Gasteiger partial charge in [0, 0.05) is 11.8 Å². The molecule has 4 aromatic rings. The number of anilines is 1. The summed E-state index contributed by atoms with van der Waals surface area (Å²) >= 11 is 0. The van der Waals surface area contributed by atoms with E-state index in [0.717, 1.165) is 23.4 Å². The molecule has 2 aromatic carbocycles. The van der Waals surface area contributed by atoms with Crippen molar-refractivity contribution in [2.75, 3.05) is 5.32 Å². The van der Waals surface area contributed by atoms with Gasteiger partial charge in [-0.2, -0.15) is 5.10 Å². The summed E-state index contributed by atoms with van der Waals surface area (Å²) in [7, 11) is 0. The number of aromatic nitrogens is 2. The molecule has 1 amide bonds. The van der Waals surface area contributed by atoms with Gasteiger partial charge in [-0.05, 0) is 42.3 Å². The molecule has 5 nitrogen and oxygen atoms in total. The molecule has 0 spiro atoms. The average Bonchev–Trinajstić information content (AvgIpc) is 3.39. The first-order valence-electron chi connectivity index (χ1n) is 8.85. The first-order chi connectivity index (χ1) is 13.3. The third-order valence-electron chi connectivity index (χ3n) is 4.36. The Morgan fingerprint density at radius 3 is 2.56 bits per heavy atom. The van der Waals surface area contributed by atoms with Crippen LogP contribution in [0.4, 0.5) is 5.69 Å². The second kappa shape index (κ2) is 7.33. The van der Waals surface area contributed by atoms with Crippen LogP contribution in [0, 0.1) is 0 Å². The standard InChI is InChI=1S/C22H19N3O2/c1-2-16-9-6-7-12-18(16)23-22(26)20-15-19(21-13-8-14-27-21)24-25(20)17-10-4-3-5-11-17/h3-15H,2H2,1H3,(H,23,26). The number of nitrogens with one attached hydrogen (secondary N) is 1. The topological polar surface area (TPSA) is 60.1 Å². The van der Waals surface area contributed by atoms with E-state index in [1.807, 2.05) is 60.7 Å². The number of para-hydroxylation sites is 2. The van der Waals surface area contributed by atoms with Crippen LogP contribution in [-0.4, -0.2) is 15.7 Å². The van der Waals surface area contributed by atoms with Crippen molar-refractivity contribution in [1.82, 2.24) is 9.78 Å². The van der Waals surface area contributed by atoms with Gasteiger partial charge in [-0.25, -0.2) is 4.68 Å². The predicted molar refractivity (Wildman–Crippen MR) is 105 cm³/mol. The lowest BCUT2D eigenvalue weighted by Gasteiger charge is -2.11. The molecule has 0 aliphatic heterocycles. The van der Waals surface area contributed by atoms with Crippen molar-refractivity contribution in [3.8, 4) is 17.1 Å². The van der Waals surface area contributed by atoms with E-state index in [1.54, 1.807) is 23.1 Å². The molecule has 5 heteroatoms. The van der Waals surface area contributed by atoms with Crippen LogP contribution in [0.5, 0.6) is 0 Å². The molecule has 1 N–H and O–H groups in total. The number of hydrogen-bond acceptors (Lipinski definition) is 3. The van der Waals surface area contributed by atoms with E-state index in [0.29, 0.717) is 17.1 Å². The van der Waals surface area contributed by atoms with E-state index in [9.17, 15) is 4.79 Å². The van der Waals surface area contributed by atoms with Crippen molar-refractivity contribution < 1.29 is 9.21 Å². The van der Waals surface area contributed by atoms with Crippen molar-refractivity contribution in [3.63, 3.8) is 0 Å². The Labute approximate surface area is 157 Å². The lowest BCUT2D eigenvalue weighted by Crippen LogP contribution is -2.17. The monoisotopic (exact) mass is 357 g/mol. The number of rotatable bonds is 5. The summed E-state index contributed by atoms with van der Waals surface area (Å²) in [5.74, 6) is 0.401. The third kappa shape index (κ3) is 3.40. The maximum Gasteiger partial charge on any atom is 0.274 e. The highest BCUT2D eigenvalue weighted by atomic mass is 16.3. The lowest BCUT2D eigenvalue weighted by molar-refractivity contribution is 0.101. The Morgan fingerprint density at radius 2 is 1.81 bits per heavy atom. The molecule has 2 heterocycles. The van der Waals surface area contributed by atoms with Gasteiger partial charge < -0.3 is 9.73 Å². The Hall–Kier alpha value is -3.60. The minimum atomic E-state index is -0.218. The van der Waals surface area contributed by atoms with E-state index in [4.69, 9.17) is 4.42 Å². The van der Waals surface area contributed by atoms with E-state index >= 15 is 0 Å². The van der Waals surface area contributed by atoms with Crippen LogP contribution in [0.25, 0.3) is 17.1 Å². The van der Waals surface area contributed by atoms with Crippen molar-refractivity contribution in [2.24, 2.45) is 0 Å². The molecular formula is C22H19N3O2. The second-order valence-corrected chi connectivity index (χ2v) is 6.10. The summed E-state index contributed by atoms with van der Waals surface area (Å²) in [5, 5.41) is 7.61. The molecule has 134 valence electrons. The van der Waals surface area contributed by atoms with Crippen molar-refractivity contribution in [2.45, 2.75) is 13.3 Å². The van der Waals surface area contributed by atoms with Gasteiger partial charge in [0.25, 0.3) is 5.91 Å². The predicted octanol–water partition coefficient (Wildman–Crippen LogP) is 4.95. The molecule has 0 saturated carbocycles. The number of benzene rings is 2. The van der Waals surface area contributed by atoms with Gasteiger partial charge in [0.1, 0.15) is 11.4 Å². The number of carbonyl (C=O) groups is 1. The summed E-state index contributed by atoms with van der Waals surface area (Å²) < 4.78 is 7.09. The smallest absolute Gasteiger partial charge is 0.274 e. The van der Waals surface area contributed by atoms with E-state index in [1.165, 1.54) is 0 Å². The zero-order valence-corrected chi connectivity index (χ0v) is 14.9. The van der Waals surface area contributed by atoms with Crippen molar-refractivity contribution in [1.29, 1.82) is 0 Å². The van der Waals surface area contributed by atoms with Crippen LogP contribution in [0.2, 0.25) is 0 Å². The maximum absolute atomic E-state index is 13.1. The highest BCUT2D eigenvalue weighted by Gasteiger charge is 2.19. The van der Waals surface area contributed by atoms with Gasteiger partial charge in [0.15, 0.2) is 5.76 Å². The Kier molecular flexibility index (Phi) is 4.58. The summed E-state index contributed by atoms with van der Waals surface area (Å²) in [6.07, 6.45) is 2.43. The zero-order chi connectivity index (χ0) is 18.6. The average molecular weight is 357 g/mol. The number of hydrogen-bond donors (Lipinski definition) is 1. The minimum Gasteiger partial charge on any atom is -0.463 e. The molecule has 0 saturated heterocycles. The Morgan fingerprint density at radius 1 is 1.04 bits per heavy atom. The first-order valence-corrected chi connectivity index (χ1v) is 8.85. The molecule has 0 atom stereocenters. The number of aryl methyl sites for hydroxylation is 1. The Balaban J connectivity index is 1.75. The van der Waals surface area contributed by atoms with Crippen LogP contribution in [-0.2, 0) is 6.42 Å². The molecule has 0 bridgehead atoms. The lowest BCUT2D eigenvalue weighted by atomic mass is 10.1. The minimum absolute atomic E-state index is 0.218.